The second-order valence-corrected chi connectivity index (χ2v) is 5.65. The van der Waals surface area contributed by atoms with Crippen molar-refractivity contribution >= 4 is 17.4 Å². The number of ether oxygens (including phenoxy) is 1. The van der Waals surface area contributed by atoms with Gasteiger partial charge in [-0.15, -0.1) is 11.6 Å². The van der Waals surface area contributed by atoms with Crippen LogP contribution in [-0.2, 0) is 0 Å². The maximum atomic E-state index is 6.15. The smallest absolute Gasteiger partial charge is 0.171 e. The highest BCUT2D eigenvalue weighted by atomic mass is 35.5. The van der Waals surface area contributed by atoms with Crippen molar-refractivity contribution in [2.24, 2.45) is 0 Å². The first-order valence-electron chi connectivity index (χ1n) is 7.16. The lowest BCUT2D eigenvalue weighted by Crippen LogP contribution is -2.37. The number of hydrogen-bond donors (Lipinski definition) is 0. The minimum absolute atomic E-state index is 0.157. The van der Waals surface area contributed by atoms with Crippen molar-refractivity contribution in [1.82, 2.24) is 4.98 Å². The van der Waals surface area contributed by atoms with Crippen molar-refractivity contribution in [3.63, 3.8) is 0 Å². The van der Waals surface area contributed by atoms with Gasteiger partial charge in [-0.3, -0.25) is 0 Å². The molecule has 0 aromatic carbocycles. The number of rotatable bonds is 4. The zero-order valence-corrected chi connectivity index (χ0v) is 12.6. The van der Waals surface area contributed by atoms with Gasteiger partial charge in [0.15, 0.2) is 11.6 Å². The molecule has 0 saturated carbocycles. The second-order valence-electron chi connectivity index (χ2n) is 5.34. The quantitative estimate of drug-likeness (QED) is 0.784. The van der Waals surface area contributed by atoms with Gasteiger partial charge in [-0.25, -0.2) is 4.98 Å². The molecule has 1 atom stereocenters. The van der Waals surface area contributed by atoms with E-state index in [9.17, 15) is 0 Å². The molecule has 1 aromatic heterocycles. The predicted octanol–water partition coefficient (Wildman–Crippen LogP) is 3.86. The normalized spacial score (nSPS) is 20.4. The van der Waals surface area contributed by atoms with Gasteiger partial charge in [-0.1, -0.05) is 12.8 Å². The van der Waals surface area contributed by atoms with Crippen molar-refractivity contribution in [3.05, 3.63) is 18.3 Å². The molecular formula is C15H23ClN2O. The molecule has 1 unspecified atom stereocenters. The first-order chi connectivity index (χ1) is 9.22. The number of pyridine rings is 1. The predicted molar refractivity (Wildman–Crippen MR) is 80.3 cm³/mol. The third-order valence-corrected chi connectivity index (χ3v) is 3.80. The molecule has 0 spiro atoms. The van der Waals surface area contributed by atoms with Crippen molar-refractivity contribution in [3.8, 4) is 5.75 Å². The maximum absolute atomic E-state index is 6.15. The van der Waals surface area contributed by atoms with Crippen LogP contribution >= 0.6 is 11.6 Å². The summed E-state index contributed by atoms with van der Waals surface area (Å²) in [5.74, 6) is 2.47. The Labute approximate surface area is 120 Å². The molecule has 0 amide bonds. The molecule has 1 aliphatic rings. The number of anilines is 1. The van der Waals surface area contributed by atoms with E-state index >= 15 is 0 Å². The first kappa shape index (κ1) is 14.4. The Kier molecular flexibility index (Phi) is 5.32. The Hall–Kier alpha value is -0.960. The van der Waals surface area contributed by atoms with Crippen molar-refractivity contribution in [2.75, 3.05) is 17.3 Å². The molecule has 4 heteroatoms. The van der Waals surface area contributed by atoms with E-state index in [-0.39, 0.29) is 6.10 Å². The van der Waals surface area contributed by atoms with Crippen LogP contribution in [0.1, 0.15) is 39.5 Å². The lowest BCUT2D eigenvalue weighted by molar-refractivity contribution is 0.241. The van der Waals surface area contributed by atoms with Crippen molar-refractivity contribution in [1.29, 1.82) is 0 Å². The third-order valence-electron chi connectivity index (χ3n) is 3.44. The van der Waals surface area contributed by atoms with Crippen LogP contribution in [0.5, 0.6) is 5.75 Å². The van der Waals surface area contributed by atoms with Crippen LogP contribution in [-0.4, -0.2) is 29.6 Å². The summed E-state index contributed by atoms with van der Waals surface area (Å²) in [6.07, 6.45) is 6.85. The molecule has 0 bridgehead atoms. The van der Waals surface area contributed by atoms with E-state index in [2.05, 4.69) is 9.88 Å². The average molecular weight is 283 g/mol. The van der Waals surface area contributed by atoms with Gasteiger partial charge >= 0.3 is 0 Å². The monoisotopic (exact) mass is 282 g/mol. The summed E-state index contributed by atoms with van der Waals surface area (Å²) in [6.45, 7) is 5.10. The van der Waals surface area contributed by atoms with E-state index in [0.29, 0.717) is 11.9 Å². The van der Waals surface area contributed by atoms with Gasteiger partial charge in [0.25, 0.3) is 0 Å². The number of halogens is 1. The fourth-order valence-corrected chi connectivity index (χ4v) is 2.88. The molecule has 19 heavy (non-hydrogen) atoms. The summed E-state index contributed by atoms with van der Waals surface area (Å²) < 4.78 is 5.88. The van der Waals surface area contributed by atoms with E-state index in [1.807, 2.05) is 32.2 Å². The van der Waals surface area contributed by atoms with E-state index in [4.69, 9.17) is 16.3 Å². The number of hydrogen-bond acceptors (Lipinski definition) is 3. The summed E-state index contributed by atoms with van der Waals surface area (Å²) in [6, 6.07) is 4.29. The molecule has 1 aromatic rings. The van der Waals surface area contributed by atoms with Crippen LogP contribution < -0.4 is 9.64 Å². The van der Waals surface area contributed by atoms with E-state index in [0.717, 1.165) is 24.5 Å². The molecule has 1 saturated heterocycles. The minimum Gasteiger partial charge on any atom is -0.487 e. The Morgan fingerprint density at radius 2 is 2.26 bits per heavy atom. The number of nitrogens with zero attached hydrogens (tertiary/aromatic N) is 2. The summed E-state index contributed by atoms with van der Waals surface area (Å²) in [4.78, 5) is 6.87. The van der Waals surface area contributed by atoms with Crippen molar-refractivity contribution < 1.29 is 4.74 Å². The van der Waals surface area contributed by atoms with Crippen LogP contribution in [0, 0.1) is 0 Å². The lowest BCUT2D eigenvalue weighted by atomic mass is 10.1. The van der Waals surface area contributed by atoms with Gasteiger partial charge in [0.1, 0.15) is 0 Å². The summed E-state index contributed by atoms with van der Waals surface area (Å²) in [5, 5.41) is 0. The van der Waals surface area contributed by atoms with Crippen molar-refractivity contribution in [2.45, 2.75) is 51.7 Å². The zero-order chi connectivity index (χ0) is 13.7. The number of alkyl halides is 1. The van der Waals surface area contributed by atoms with Crippen LogP contribution in [0.15, 0.2) is 18.3 Å². The van der Waals surface area contributed by atoms with Crippen LogP contribution in [0.3, 0.4) is 0 Å². The average Bonchev–Trinajstić information content (AvgIpc) is 2.63. The summed E-state index contributed by atoms with van der Waals surface area (Å²) in [7, 11) is 0. The first-order valence-corrected chi connectivity index (χ1v) is 7.70. The lowest BCUT2D eigenvalue weighted by Gasteiger charge is -2.31. The molecule has 0 N–H and O–H groups in total. The molecular weight excluding hydrogens is 260 g/mol. The SMILES string of the molecule is CC(C)Oc1cccnc1N1CCCCCC1CCl. The number of aromatic nitrogens is 1. The second kappa shape index (κ2) is 6.99. The maximum Gasteiger partial charge on any atom is 0.171 e. The molecule has 3 nitrogen and oxygen atoms in total. The van der Waals surface area contributed by atoms with Crippen LogP contribution in [0.4, 0.5) is 5.82 Å². The third kappa shape index (κ3) is 3.75. The topological polar surface area (TPSA) is 25.4 Å². The Morgan fingerprint density at radius 1 is 1.42 bits per heavy atom. The Bertz CT molecular complexity index is 397. The highest BCUT2D eigenvalue weighted by Crippen LogP contribution is 2.31. The van der Waals surface area contributed by atoms with Gasteiger partial charge in [0.05, 0.1) is 6.10 Å². The Balaban J connectivity index is 2.27. The molecule has 1 aliphatic heterocycles. The zero-order valence-electron chi connectivity index (χ0n) is 11.8. The Morgan fingerprint density at radius 3 is 3.00 bits per heavy atom. The molecule has 106 valence electrons. The summed E-state index contributed by atoms with van der Waals surface area (Å²) in [5.41, 5.74) is 0. The largest absolute Gasteiger partial charge is 0.487 e. The van der Waals surface area contributed by atoms with E-state index in [1.165, 1.54) is 19.3 Å². The summed E-state index contributed by atoms with van der Waals surface area (Å²) >= 11 is 6.15. The van der Waals surface area contributed by atoms with E-state index in [1.54, 1.807) is 0 Å². The van der Waals surface area contributed by atoms with Gasteiger partial charge in [0, 0.05) is 24.7 Å². The minimum atomic E-state index is 0.157. The molecule has 2 rings (SSSR count). The van der Waals surface area contributed by atoms with Gasteiger partial charge < -0.3 is 9.64 Å². The van der Waals surface area contributed by atoms with E-state index < -0.39 is 0 Å². The fraction of sp³-hybridized carbons (Fsp3) is 0.667. The van der Waals surface area contributed by atoms with Crippen LogP contribution in [0.25, 0.3) is 0 Å². The highest BCUT2D eigenvalue weighted by molar-refractivity contribution is 6.18. The highest BCUT2D eigenvalue weighted by Gasteiger charge is 2.24. The standard InChI is InChI=1S/C15H23ClN2O/c1-12(2)19-14-8-6-9-17-15(14)18-10-5-3-4-7-13(18)11-16/h6,8-9,12-13H,3-5,7,10-11H2,1-2H3. The molecule has 1 fully saturated rings. The molecule has 2 heterocycles. The molecule has 0 aliphatic carbocycles. The van der Waals surface area contributed by atoms with Gasteiger partial charge in [-0.05, 0) is 38.8 Å². The van der Waals surface area contributed by atoms with Crippen LogP contribution in [0.2, 0.25) is 0 Å². The fourth-order valence-electron chi connectivity index (χ4n) is 2.56. The molecule has 0 radical (unpaired) electrons. The van der Waals surface area contributed by atoms with Gasteiger partial charge in [-0.2, -0.15) is 0 Å². The van der Waals surface area contributed by atoms with Gasteiger partial charge in [0.2, 0.25) is 0 Å².